The first-order chi connectivity index (χ1) is 4.52. The van der Waals surface area contributed by atoms with E-state index < -0.39 is 0 Å². The Morgan fingerprint density at radius 1 is 1.40 bits per heavy atom. The summed E-state index contributed by atoms with van der Waals surface area (Å²) in [7, 11) is 0. The normalized spacial score (nSPS) is 12.0. The van der Waals surface area contributed by atoms with E-state index in [0.29, 0.717) is 0 Å². The molecule has 1 heterocycles. The van der Waals surface area contributed by atoms with E-state index in [9.17, 15) is 0 Å². The van der Waals surface area contributed by atoms with E-state index in [4.69, 9.17) is 0 Å². The van der Waals surface area contributed by atoms with Crippen LogP contribution >= 0.6 is 12.6 Å². The Balaban J connectivity index is 3.05. The lowest BCUT2D eigenvalue weighted by Gasteiger charge is -2.12. The lowest BCUT2D eigenvalue weighted by molar-refractivity contribution is 0.299. The minimum atomic E-state index is -0.260. The van der Waals surface area contributed by atoms with Crippen LogP contribution in [0.5, 0.6) is 0 Å². The molecule has 0 radical (unpaired) electrons. The number of thiol groups is 1. The summed E-state index contributed by atoms with van der Waals surface area (Å²) >= 11 is 4.32. The summed E-state index contributed by atoms with van der Waals surface area (Å²) in [5.41, 5.74) is 1.61. The molecule has 56 valence electrons. The third-order valence-corrected chi connectivity index (χ3v) is 1.44. The van der Waals surface area contributed by atoms with E-state index in [0.717, 1.165) is 11.4 Å². The van der Waals surface area contributed by atoms with Gasteiger partial charge < -0.3 is 0 Å². The van der Waals surface area contributed by atoms with Gasteiger partial charge in [-0.2, -0.15) is 12.6 Å². The molecule has 1 aromatic heterocycles. The third kappa shape index (κ3) is 1.31. The highest BCUT2D eigenvalue weighted by Gasteiger charge is 2.21. The van der Waals surface area contributed by atoms with E-state index in [1.54, 1.807) is 0 Å². The molecule has 0 bridgehead atoms. The van der Waals surface area contributed by atoms with Crippen molar-refractivity contribution in [1.29, 1.82) is 0 Å². The van der Waals surface area contributed by atoms with Crippen LogP contribution in [-0.4, -0.2) is 10.3 Å². The van der Waals surface area contributed by atoms with Gasteiger partial charge in [0.25, 0.3) is 0 Å². The molecule has 0 amide bonds. The molecule has 0 saturated carbocycles. The maximum absolute atomic E-state index is 4.52. The molecule has 0 aliphatic carbocycles. The molecule has 0 N–H and O–H groups in total. The first-order valence-corrected chi connectivity index (χ1v) is 3.48. The Morgan fingerprint density at radius 2 is 2.00 bits per heavy atom. The van der Waals surface area contributed by atoms with Gasteiger partial charge in [0.15, 0.2) is 0 Å². The van der Waals surface area contributed by atoms with Crippen LogP contribution in [0.25, 0.3) is 0 Å². The van der Waals surface area contributed by atoms with Crippen molar-refractivity contribution in [1.82, 2.24) is 10.3 Å². The smallest absolute Gasteiger partial charge is 0.123 e. The molecular weight excluding hydrogens is 148 g/mol. The standard InChI is InChI=1S/C6H10N2OS/c1-4-5(6(2,3)10)8-9-7-4/h10H,1-3H3. The maximum Gasteiger partial charge on any atom is 0.123 e. The Morgan fingerprint density at radius 3 is 2.20 bits per heavy atom. The predicted octanol–water partition coefficient (Wildman–Crippen LogP) is 1.54. The summed E-state index contributed by atoms with van der Waals surface area (Å²) in [5, 5.41) is 7.37. The molecule has 1 aromatic rings. The molecule has 10 heavy (non-hydrogen) atoms. The van der Waals surface area contributed by atoms with Gasteiger partial charge in [0.05, 0.1) is 4.75 Å². The molecular formula is C6H10N2OS. The summed E-state index contributed by atoms with van der Waals surface area (Å²) < 4.78 is 4.26. The van der Waals surface area contributed by atoms with Crippen molar-refractivity contribution in [3.63, 3.8) is 0 Å². The highest BCUT2D eigenvalue weighted by atomic mass is 32.1. The van der Waals surface area contributed by atoms with Crippen LogP contribution in [0.1, 0.15) is 25.2 Å². The minimum Gasteiger partial charge on any atom is -0.244 e. The monoisotopic (exact) mass is 158 g/mol. The molecule has 0 aliphatic rings. The maximum atomic E-state index is 4.52. The van der Waals surface area contributed by atoms with Crippen molar-refractivity contribution in [3.8, 4) is 0 Å². The Kier molecular flexibility index (Phi) is 1.72. The van der Waals surface area contributed by atoms with Gasteiger partial charge in [0, 0.05) is 0 Å². The van der Waals surface area contributed by atoms with E-state index in [2.05, 4.69) is 27.6 Å². The van der Waals surface area contributed by atoms with E-state index in [1.807, 2.05) is 20.8 Å². The number of rotatable bonds is 1. The molecule has 0 aromatic carbocycles. The zero-order valence-electron chi connectivity index (χ0n) is 6.25. The average molecular weight is 158 g/mol. The van der Waals surface area contributed by atoms with E-state index >= 15 is 0 Å². The zero-order valence-corrected chi connectivity index (χ0v) is 7.14. The largest absolute Gasteiger partial charge is 0.244 e. The minimum absolute atomic E-state index is 0.260. The summed E-state index contributed by atoms with van der Waals surface area (Å²) in [6.07, 6.45) is 0. The van der Waals surface area contributed by atoms with Gasteiger partial charge in [-0.1, -0.05) is 10.3 Å². The second kappa shape index (κ2) is 2.27. The quantitative estimate of drug-likeness (QED) is 0.630. The van der Waals surface area contributed by atoms with Gasteiger partial charge in [-0.05, 0) is 20.8 Å². The summed E-state index contributed by atoms with van der Waals surface area (Å²) in [6, 6.07) is 0. The molecule has 0 atom stereocenters. The molecule has 0 spiro atoms. The van der Waals surface area contributed by atoms with Gasteiger partial charge in [-0.15, -0.1) is 0 Å². The fraction of sp³-hybridized carbons (Fsp3) is 0.667. The number of aromatic nitrogens is 2. The van der Waals surface area contributed by atoms with E-state index in [-0.39, 0.29) is 4.75 Å². The highest BCUT2D eigenvalue weighted by Crippen LogP contribution is 2.26. The summed E-state index contributed by atoms with van der Waals surface area (Å²) in [5.74, 6) is 0. The van der Waals surface area contributed by atoms with Crippen molar-refractivity contribution >= 4 is 12.6 Å². The molecule has 0 fully saturated rings. The fourth-order valence-corrected chi connectivity index (χ4v) is 0.989. The van der Waals surface area contributed by atoms with Crippen molar-refractivity contribution in [2.75, 3.05) is 0 Å². The fourth-order valence-electron chi connectivity index (χ4n) is 0.786. The number of hydrogen-bond acceptors (Lipinski definition) is 4. The second-order valence-electron chi connectivity index (χ2n) is 2.76. The molecule has 0 unspecified atom stereocenters. The Hall–Kier alpha value is -0.510. The predicted molar refractivity (Wildman–Crippen MR) is 41.0 cm³/mol. The lowest BCUT2D eigenvalue weighted by Crippen LogP contribution is -2.09. The number of aryl methyl sites for hydroxylation is 1. The average Bonchev–Trinajstić information content (AvgIpc) is 2.11. The van der Waals surface area contributed by atoms with Crippen molar-refractivity contribution in [3.05, 3.63) is 11.4 Å². The van der Waals surface area contributed by atoms with Gasteiger partial charge in [-0.3, -0.25) is 0 Å². The van der Waals surface area contributed by atoms with Crippen molar-refractivity contribution < 1.29 is 4.63 Å². The molecule has 0 aliphatic heterocycles. The topological polar surface area (TPSA) is 38.9 Å². The molecule has 0 saturated heterocycles. The first kappa shape index (κ1) is 7.60. The molecule has 4 heteroatoms. The lowest BCUT2D eigenvalue weighted by atomic mass is 10.1. The van der Waals surface area contributed by atoms with Gasteiger partial charge >= 0.3 is 0 Å². The third-order valence-electron chi connectivity index (χ3n) is 1.23. The Bertz CT molecular complexity index is 226. The van der Waals surface area contributed by atoms with Crippen LogP contribution < -0.4 is 0 Å². The van der Waals surface area contributed by atoms with Crippen LogP contribution in [0, 0.1) is 6.92 Å². The van der Waals surface area contributed by atoms with Gasteiger partial charge in [0.2, 0.25) is 0 Å². The SMILES string of the molecule is Cc1nonc1C(C)(C)S. The molecule has 3 nitrogen and oxygen atoms in total. The van der Waals surface area contributed by atoms with Crippen LogP contribution in [0.3, 0.4) is 0 Å². The van der Waals surface area contributed by atoms with Crippen LogP contribution in [-0.2, 0) is 4.75 Å². The number of hydrogen-bond donors (Lipinski definition) is 1. The molecule has 1 rings (SSSR count). The van der Waals surface area contributed by atoms with Crippen LogP contribution in [0.15, 0.2) is 4.63 Å². The first-order valence-electron chi connectivity index (χ1n) is 3.04. The van der Waals surface area contributed by atoms with Crippen molar-refractivity contribution in [2.45, 2.75) is 25.5 Å². The van der Waals surface area contributed by atoms with Crippen LogP contribution in [0.4, 0.5) is 0 Å². The van der Waals surface area contributed by atoms with Gasteiger partial charge in [0.1, 0.15) is 11.4 Å². The highest BCUT2D eigenvalue weighted by molar-refractivity contribution is 7.81. The van der Waals surface area contributed by atoms with Gasteiger partial charge in [-0.25, -0.2) is 4.63 Å². The van der Waals surface area contributed by atoms with Crippen molar-refractivity contribution in [2.24, 2.45) is 0 Å². The number of nitrogens with zero attached hydrogens (tertiary/aromatic N) is 2. The second-order valence-corrected chi connectivity index (χ2v) is 3.88. The summed E-state index contributed by atoms with van der Waals surface area (Å²) in [4.78, 5) is 0. The van der Waals surface area contributed by atoms with E-state index in [1.165, 1.54) is 0 Å². The summed E-state index contributed by atoms with van der Waals surface area (Å²) in [6.45, 7) is 5.75. The zero-order chi connectivity index (χ0) is 7.78. The van der Waals surface area contributed by atoms with Crippen LogP contribution in [0.2, 0.25) is 0 Å². The Labute approximate surface area is 65.2 Å².